The van der Waals surface area contributed by atoms with Crippen LogP contribution in [0, 0.1) is 0 Å². The van der Waals surface area contributed by atoms with Gasteiger partial charge in [-0.2, -0.15) is 5.10 Å². The summed E-state index contributed by atoms with van der Waals surface area (Å²) in [6, 6.07) is 0. The van der Waals surface area contributed by atoms with Gasteiger partial charge >= 0.3 is 0 Å². The first-order valence-electron chi connectivity index (χ1n) is 4.53. The third-order valence-corrected chi connectivity index (χ3v) is 2.09. The van der Waals surface area contributed by atoms with Crippen LogP contribution in [0.15, 0.2) is 24.8 Å². The first-order chi connectivity index (χ1) is 7.27. The normalized spacial score (nSPS) is 10.2. The fourth-order valence-corrected chi connectivity index (χ4v) is 1.20. The van der Waals surface area contributed by atoms with E-state index in [4.69, 9.17) is 5.73 Å². The minimum Gasteiger partial charge on any atom is -0.384 e. The lowest BCUT2D eigenvalue weighted by Gasteiger charge is -2.03. The SMILES string of the molecule is Cn1ncc(CNc2cnccn2)c1N. The highest BCUT2D eigenvalue weighted by Crippen LogP contribution is 2.10. The van der Waals surface area contributed by atoms with Gasteiger partial charge in [0.2, 0.25) is 0 Å². The third-order valence-electron chi connectivity index (χ3n) is 2.09. The first-order valence-corrected chi connectivity index (χ1v) is 4.53. The molecule has 3 N–H and O–H groups in total. The number of nitrogens with zero attached hydrogens (tertiary/aromatic N) is 4. The molecular weight excluding hydrogens is 192 g/mol. The molecule has 0 amide bonds. The van der Waals surface area contributed by atoms with Crippen molar-refractivity contribution >= 4 is 11.6 Å². The van der Waals surface area contributed by atoms with Gasteiger partial charge in [-0.25, -0.2) is 4.98 Å². The Morgan fingerprint density at radius 2 is 2.27 bits per heavy atom. The number of hydrogen-bond acceptors (Lipinski definition) is 5. The molecule has 2 rings (SSSR count). The van der Waals surface area contributed by atoms with Gasteiger partial charge < -0.3 is 11.1 Å². The van der Waals surface area contributed by atoms with E-state index in [0.717, 1.165) is 11.4 Å². The lowest BCUT2D eigenvalue weighted by atomic mass is 10.3. The summed E-state index contributed by atoms with van der Waals surface area (Å²) in [5.74, 6) is 1.38. The molecule has 2 aromatic heterocycles. The van der Waals surface area contributed by atoms with Crippen LogP contribution in [0.4, 0.5) is 11.6 Å². The average molecular weight is 204 g/mol. The van der Waals surface area contributed by atoms with Crippen LogP contribution < -0.4 is 11.1 Å². The molecule has 0 atom stereocenters. The van der Waals surface area contributed by atoms with Crippen LogP contribution >= 0.6 is 0 Å². The minimum atomic E-state index is 0.596. The van der Waals surface area contributed by atoms with Crippen LogP contribution in [0.1, 0.15) is 5.56 Å². The maximum absolute atomic E-state index is 5.79. The highest BCUT2D eigenvalue weighted by atomic mass is 15.3. The maximum Gasteiger partial charge on any atom is 0.144 e. The second-order valence-electron chi connectivity index (χ2n) is 3.12. The van der Waals surface area contributed by atoms with Crippen molar-refractivity contribution in [2.75, 3.05) is 11.1 Å². The Bertz CT molecular complexity index is 435. The number of nitrogen functional groups attached to an aromatic ring is 1. The van der Waals surface area contributed by atoms with E-state index in [-0.39, 0.29) is 0 Å². The molecular formula is C9H12N6. The lowest BCUT2D eigenvalue weighted by Crippen LogP contribution is -2.04. The predicted octanol–water partition coefficient (Wildman–Crippen LogP) is 0.404. The van der Waals surface area contributed by atoms with Gasteiger partial charge in [-0.3, -0.25) is 9.67 Å². The fraction of sp³-hybridized carbons (Fsp3) is 0.222. The predicted molar refractivity (Wildman–Crippen MR) is 57.0 cm³/mol. The van der Waals surface area contributed by atoms with Crippen LogP contribution in [-0.2, 0) is 13.6 Å². The van der Waals surface area contributed by atoms with Crippen LogP contribution in [0.3, 0.4) is 0 Å². The van der Waals surface area contributed by atoms with Crippen molar-refractivity contribution in [3.05, 3.63) is 30.4 Å². The van der Waals surface area contributed by atoms with E-state index < -0.39 is 0 Å². The first kappa shape index (κ1) is 9.45. The Kier molecular flexibility index (Phi) is 2.49. The molecule has 0 saturated carbocycles. The quantitative estimate of drug-likeness (QED) is 0.756. The van der Waals surface area contributed by atoms with Gasteiger partial charge in [-0.1, -0.05) is 0 Å². The molecule has 78 valence electrons. The van der Waals surface area contributed by atoms with E-state index in [1.165, 1.54) is 0 Å². The zero-order valence-corrected chi connectivity index (χ0v) is 8.38. The molecule has 0 fully saturated rings. The summed E-state index contributed by atoms with van der Waals surface area (Å²) in [5, 5.41) is 7.15. The number of aromatic nitrogens is 4. The van der Waals surface area contributed by atoms with E-state index in [2.05, 4.69) is 20.4 Å². The number of nitrogens with two attached hydrogens (primary N) is 1. The van der Waals surface area contributed by atoms with Gasteiger partial charge in [0, 0.05) is 31.5 Å². The van der Waals surface area contributed by atoms with Crippen LogP contribution in [0.2, 0.25) is 0 Å². The summed E-state index contributed by atoms with van der Waals surface area (Å²) in [5.41, 5.74) is 6.74. The van der Waals surface area contributed by atoms with E-state index >= 15 is 0 Å². The summed E-state index contributed by atoms with van der Waals surface area (Å²) in [7, 11) is 1.81. The van der Waals surface area contributed by atoms with Gasteiger partial charge in [0.05, 0.1) is 12.4 Å². The van der Waals surface area contributed by atoms with Crippen LogP contribution in [0.5, 0.6) is 0 Å². The molecule has 15 heavy (non-hydrogen) atoms. The lowest BCUT2D eigenvalue weighted by molar-refractivity contribution is 0.778. The van der Waals surface area contributed by atoms with Crippen molar-refractivity contribution in [3.8, 4) is 0 Å². The molecule has 6 nitrogen and oxygen atoms in total. The van der Waals surface area contributed by atoms with Gasteiger partial charge in [0.25, 0.3) is 0 Å². The van der Waals surface area contributed by atoms with Crippen molar-refractivity contribution in [3.63, 3.8) is 0 Å². The van der Waals surface area contributed by atoms with Gasteiger partial charge in [0.1, 0.15) is 11.6 Å². The highest BCUT2D eigenvalue weighted by molar-refractivity contribution is 5.41. The van der Waals surface area contributed by atoms with Crippen molar-refractivity contribution in [1.82, 2.24) is 19.7 Å². The molecule has 0 bridgehead atoms. The van der Waals surface area contributed by atoms with Crippen molar-refractivity contribution in [1.29, 1.82) is 0 Å². The monoisotopic (exact) mass is 204 g/mol. The van der Waals surface area contributed by atoms with Crippen molar-refractivity contribution < 1.29 is 0 Å². The van der Waals surface area contributed by atoms with Gasteiger partial charge in [-0.05, 0) is 0 Å². The summed E-state index contributed by atoms with van der Waals surface area (Å²) in [6.07, 6.45) is 6.66. The summed E-state index contributed by atoms with van der Waals surface area (Å²) in [4.78, 5) is 8.04. The summed E-state index contributed by atoms with van der Waals surface area (Å²) < 4.78 is 1.63. The average Bonchev–Trinajstić information content (AvgIpc) is 2.59. The number of anilines is 2. The largest absolute Gasteiger partial charge is 0.384 e. The van der Waals surface area contributed by atoms with E-state index in [9.17, 15) is 0 Å². The van der Waals surface area contributed by atoms with Crippen LogP contribution in [-0.4, -0.2) is 19.7 Å². The Morgan fingerprint density at radius 1 is 1.40 bits per heavy atom. The third kappa shape index (κ3) is 2.04. The van der Waals surface area contributed by atoms with Crippen molar-refractivity contribution in [2.24, 2.45) is 7.05 Å². The number of hydrogen-bond donors (Lipinski definition) is 2. The Morgan fingerprint density at radius 3 is 2.87 bits per heavy atom. The Hall–Kier alpha value is -2.11. The molecule has 6 heteroatoms. The van der Waals surface area contributed by atoms with E-state index in [0.29, 0.717) is 12.4 Å². The minimum absolute atomic E-state index is 0.596. The standard InChI is InChI=1S/C9H12N6/c1-15-9(10)7(5-14-15)4-13-8-6-11-2-3-12-8/h2-3,5-6H,4,10H2,1H3,(H,12,13). The number of nitrogens with one attached hydrogen (secondary N) is 1. The molecule has 2 aromatic rings. The maximum atomic E-state index is 5.79. The van der Waals surface area contributed by atoms with Gasteiger partial charge in [-0.15, -0.1) is 0 Å². The molecule has 2 heterocycles. The van der Waals surface area contributed by atoms with Gasteiger partial charge in [0.15, 0.2) is 0 Å². The topological polar surface area (TPSA) is 81.7 Å². The highest BCUT2D eigenvalue weighted by Gasteiger charge is 2.03. The van der Waals surface area contributed by atoms with E-state index in [1.807, 2.05) is 0 Å². The number of rotatable bonds is 3. The molecule has 0 radical (unpaired) electrons. The second kappa shape index (κ2) is 3.95. The Balaban J connectivity index is 2.02. The Labute approximate surface area is 87.2 Å². The fourth-order valence-electron chi connectivity index (χ4n) is 1.20. The number of aryl methyl sites for hydroxylation is 1. The van der Waals surface area contributed by atoms with Crippen molar-refractivity contribution in [2.45, 2.75) is 6.54 Å². The smallest absolute Gasteiger partial charge is 0.144 e. The summed E-state index contributed by atoms with van der Waals surface area (Å²) in [6.45, 7) is 0.596. The molecule has 0 spiro atoms. The zero-order valence-electron chi connectivity index (χ0n) is 8.38. The molecule has 0 aliphatic heterocycles. The molecule has 0 aliphatic rings. The second-order valence-corrected chi connectivity index (χ2v) is 3.12. The molecule has 0 saturated heterocycles. The molecule has 0 aromatic carbocycles. The molecule has 0 aliphatic carbocycles. The summed E-state index contributed by atoms with van der Waals surface area (Å²) >= 11 is 0. The zero-order chi connectivity index (χ0) is 10.7. The van der Waals surface area contributed by atoms with Crippen LogP contribution in [0.25, 0.3) is 0 Å². The van der Waals surface area contributed by atoms with E-state index in [1.54, 1.807) is 36.5 Å². The molecule has 0 unspecified atom stereocenters.